The van der Waals surface area contributed by atoms with Gasteiger partial charge in [-0.2, -0.15) is 5.10 Å². The Morgan fingerprint density at radius 3 is 2.83 bits per heavy atom. The number of allylic oxidation sites excluding steroid dienone is 1. The van der Waals surface area contributed by atoms with E-state index in [1.54, 1.807) is 0 Å². The summed E-state index contributed by atoms with van der Waals surface area (Å²) in [6.45, 7) is 6.01. The van der Waals surface area contributed by atoms with Gasteiger partial charge >= 0.3 is 0 Å². The second-order valence-corrected chi connectivity index (χ2v) is 6.01. The third kappa shape index (κ3) is 3.17. The van der Waals surface area contributed by atoms with Crippen molar-refractivity contribution >= 4 is 11.6 Å². The summed E-state index contributed by atoms with van der Waals surface area (Å²) in [5.74, 6) is 0.590. The molecule has 0 radical (unpaired) electrons. The van der Waals surface area contributed by atoms with E-state index in [1.165, 1.54) is 32.1 Å². The summed E-state index contributed by atoms with van der Waals surface area (Å²) < 4.78 is 2.16. The fourth-order valence-electron chi connectivity index (χ4n) is 2.61. The molecule has 1 aliphatic carbocycles. The van der Waals surface area contributed by atoms with Crippen molar-refractivity contribution in [1.82, 2.24) is 9.78 Å². The first-order valence-electron chi connectivity index (χ1n) is 6.90. The third-order valence-corrected chi connectivity index (χ3v) is 4.61. The summed E-state index contributed by atoms with van der Waals surface area (Å²) >= 11 is 6.01. The van der Waals surface area contributed by atoms with Crippen LogP contribution in [-0.2, 0) is 6.42 Å². The molecule has 0 aliphatic heterocycles. The first-order valence-corrected chi connectivity index (χ1v) is 7.44. The highest BCUT2D eigenvalue weighted by Gasteiger charge is 2.22. The highest BCUT2D eigenvalue weighted by Crippen LogP contribution is 2.29. The normalized spacial score (nSPS) is 20.6. The molecule has 1 heterocycles. The Hall–Kier alpha value is -0.760. The van der Waals surface area contributed by atoms with Crippen LogP contribution >= 0.6 is 11.6 Å². The SMILES string of the molecule is C=CC(C)(CCl)Cc1ccn(C2CCCCC2)n1. The van der Waals surface area contributed by atoms with Crippen LogP contribution in [0.4, 0.5) is 0 Å². The van der Waals surface area contributed by atoms with E-state index in [1.807, 2.05) is 6.08 Å². The van der Waals surface area contributed by atoms with Gasteiger partial charge in [-0.1, -0.05) is 32.3 Å². The number of hydrogen-bond donors (Lipinski definition) is 0. The number of nitrogens with zero attached hydrogens (tertiary/aromatic N) is 2. The molecular weight excluding hydrogens is 244 g/mol. The van der Waals surface area contributed by atoms with Gasteiger partial charge in [0.1, 0.15) is 0 Å². The maximum atomic E-state index is 6.01. The van der Waals surface area contributed by atoms with Gasteiger partial charge in [-0.05, 0) is 18.9 Å². The lowest BCUT2D eigenvalue weighted by molar-refractivity contribution is 0.326. The van der Waals surface area contributed by atoms with Gasteiger partial charge in [-0.15, -0.1) is 18.2 Å². The Morgan fingerprint density at radius 2 is 2.22 bits per heavy atom. The minimum atomic E-state index is -0.0483. The summed E-state index contributed by atoms with van der Waals surface area (Å²) in [6, 6.07) is 2.74. The van der Waals surface area contributed by atoms with E-state index in [4.69, 9.17) is 16.7 Å². The lowest BCUT2D eigenvalue weighted by Gasteiger charge is -2.23. The number of aromatic nitrogens is 2. The summed E-state index contributed by atoms with van der Waals surface area (Å²) in [4.78, 5) is 0. The highest BCUT2D eigenvalue weighted by molar-refractivity contribution is 6.18. The van der Waals surface area contributed by atoms with E-state index in [0.717, 1.165) is 12.1 Å². The molecule has 0 saturated heterocycles. The minimum Gasteiger partial charge on any atom is -0.269 e. The lowest BCUT2D eigenvalue weighted by atomic mass is 9.88. The van der Waals surface area contributed by atoms with Crippen LogP contribution < -0.4 is 0 Å². The molecule has 0 N–H and O–H groups in total. The topological polar surface area (TPSA) is 17.8 Å². The fourth-order valence-corrected chi connectivity index (χ4v) is 2.81. The Bertz CT molecular complexity index is 393. The van der Waals surface area contributed by atoms with Crippen LogP contribution in [0.5, 0.6) is 0 Å². The molecule has 1 unspecified atom stereocenters. The molecule has 0 amide bonds. The number of rotatable bonds is 5. The van der Waals surface area contributed by atoms with Crippen molar-refractivity contribution in [2.45, 2.75) is 51.5 Å². The van der Waals surface area contributed by atoms with Gasteiger partial charge in [0.05, 0.1) is 11.7 Å². The van der Waals surface area contributed by atoms with Crippen molar-refractivity contribution in [2.75, 3.05) is 5.88 Å². The molecule has 0 spiro atoms. The zero-order valence-electron chi connectivity index (χ0n) is 11.2. The molecule has 2 rings (SSSR count). The molecule has 1 saturated carbocycles. The molecule has 100 valence electrons. The van der Waals surface area contributed by atoms with Crippen molar-refractivity contribution < 1.29 is 0 Å². The molecule has 18 heavy (non-hydrogen) atoms. The van der Waals surface area contributed by atoms with Gasteiger partial charge in [-0.3, -0.25) is 4.68 Å². The zero-order chi connectivity index (χ0) is 13.0. The first kappa shape index (κ1) is 13.7. The molecule has 0 aromatic carbocycles. The molecule has 3 heteroatoms. The van der Waals surface area contributed by atoms with Gasteiger partial charge < -0.3 is 0 Å². The predicted molar refractivity (Wildman–Crippen MR) is 77.1 cm³/mol. The number of hydrogen-bond acceptors (Lipinski definition) is 1. The Morgan fingerprint density at radius 1 is 1.50 bits per heavy atom. The van der Waals surface area contributed by atoms with Crippen LogP contribution in [0.3, 0.4) is 0 Å². The average molecular weight is 267 g/mol. The van der Waals surface area contributed by atoms with Crippen LogP contribution in [0.1, 0.15) is 50.8 Å². The van der Waals surface area contributed by atoms with E-state index in [-0.39, 0.29) is 5.41 Å². The van der Waals surface area contributed by atoms with Gasteiger partial charge in [0.15, 0.2) is 0 Å². The zero-order valence-corrected chi connectivity index (χ0v) is 12.0. The van der Waals surface area contributed by atoms with Crippen molar-refractivity contribution in [1.29, 1.82) is 0 Å². The molecule has 0 bridgehead atoms. The fraction of sp³-hybridized carbons (Fsp3) is 0.667. The predicted octanol–water partition coefficient (Wildman–Crippen LogP) is 4.36. The average Bonchev–Trinajstić information content (AvgIpc) is 2.88. The largest absolute Gasteiger partial charge is 0.269 e. The smallest absolute Gasteiger partial charge is 0.0633 e. The van der Waals surface area contributed by atoms with Crippen molar-refractivity contribution in [2.24, 2.45) is 5.41 Å². The van der Waals surface area contributed by atoms with E-state index in [0.29, 0.717) is 11.9 Å². The maximum absolute atomic E-state index is 6.01. The van der Waals surface area contributed by atoms with Gasteiger partial charge in [0.25, 0.3) is 0 Å². The molecule has 1 aromatic rings. The highest BCUT2D eigenvalue weighted by atomic mass is 35.5. The quantitative estimate of drug-likeness (QED) is 0.572. The van der Waals surface area contributed by atoms with Crippen molar-refractivity contribution in [3.05, 3.63) is 30.6 Å². The van der Waals surface area contributed by atoms with Crippen molar-refractivity contribution in [3.8, 4) is 0 Å². The van der Waals surface area contributed by atoms with Gasteiger partial charge in [-0.25, -0.2) is 0 Å². The van der Waals surface area contributed by atoms with Gasteiger partial charge in [0, 0.05) is 23.9 Å². The molecule has 1 fully saturated rings. The lowest BCUT2D eigenvalue weighted by Crippen LogP contribution is -2.19. The molecule has 2 nitrogen and oxygen atoms in total. The summed E-state index contributed by atoms with van der Waals surface area (Å²) in [5.41, 5.74) is 1.08. The third-order valence-electron chi connectivity index (χ3n) is 4.00. The van der Waals surface area contributed by atoms with Crippen molar-refractivity contribution in [3.63, 3.8) is 0 Å². The molecule has 1 atom stereocenters. The van der Waals surface area contributed by atoms with Crippen LogP contribution in [0.2, 0.25) is 0 Å². The van der Waals surface area contributed by atoms with E-state index in [2.05, 4.69) is 30.4 Å². The number of alkyl halides is 1. The molecule has 1 aromatic heterocycles. The standard InChI is InChI=1S/C15H23ClN2/c1-3-15(2,12-16)11-13-9-10-18(17-13)14-7-5-4-6-8-14/h3,9-10,14H,1,4-8,11-12H2,2H3. The summed E-state index contributed by atoms with van der Waals surface area (Å²) in [5, 5.41) is 4.73. The molecular formula is C15H23ClN2. The maximum Gasteiger partial charge on any atom is 0.0633 e. The summed E-state index contributed by atoms with van der Waals surface area (Å²) in [6.07, 6.45) is 11.6. The van der Waals surface area contributed by atoms with Crippen LogP contribution in [0, 0.1) is 5.41 Å². The van der Waals surface area contributed by atoms with Gasteiger partial charge in [0.2, 0.25) is 0 Å². The first-order chi connectivity index (χ1) is 8.67. The van der Waals surface area contributed by atoms with Crippen LogP contribution in [-0.4, -0.2) is 15.7 Å². The number of halogens is 1. The Labute approximate surface area is 115 Å². The second-order valence-electron chi connectivity index (χ2n) is 5.75. The van der Waals surface area contributed by atoms with E-state index < -0.39 is 0 Å². The second kappa shape index (κ2) is 5.92. The van der Waals surface area contributed by atoms with Crippen LogP contribution in [0.15, 0.2) is 24.9 Å². The minimum absolute atomic E-state index is 0.0483. The monoisotopic (exact) mass is 266 g/mol. The molecule has 1 aliphatic rings. The van der Waals surface area contributed by atoms with Crippen LogP contribution in [0.25, 0.3) is 0 Å². The Kier molecular flexibility index (Phi) is 4.50. The van der Waals surface area contributed by atoms with E-state index in [9.17, 15) is 0 Å². The Balaban J connectivity index is 2.03. The summed E-state index contributed by atoms with van der Waals surface area (Å²) in [7, 11) is 0. The van der Waals surface area contributed by atoms with E-state index >= 15 is 0 Å².